The van der Waals surface area contributed by atoms with Gasteiger partial charge in [0.25, 0.3) is 5.91 Å². The molecule has 1 saturated carbocycles. The number of carbonyl (C=O) groups is 2. The number of fused-ring (bicyclic) bond motifs is 1. The molecular weight excluding hydrogens is 438 g/mol. The maximum atomic E-state index is 13.3. The average molecular weight is 476 g/mol. The van der Waals surface area contributed by atoms with Gasteiger partial charge in [-0.05, 0) is 36.0 Å². The van der Waals surface area contributed by atoms with Crippen molar-refractivity contribution in [2.45, 2.75) is 64.2 Å². The Morgan fingerprint density at radius 2 is 1.71 bits per heavy atom. The van der Waals surface area contributed by atoms with Gasteiger partial charge in [0.15, 0.2) is 0 Å². The molecule has 2 aromatic rings. The van der Waals surface area contributed by atoms with E-state index in [-0.39, 0.29) is 35.5 Å². The highest BCUT2D eigenvalue weighted by Gasteiger charge is 2.40. The first-order chi connectivity index (χ1) is 16.8. The van der Waals surface area contributed by atoms with Crippen molar-refractivity contribution in [1.82, 2.24) is 25.4 Å². The van der Waals surface area contributed by atoms with Crippen LogP contribution in [0.4, 0.5) is 0 Å². The highest BCUT2D eigenvalue weighted by atomic mass is 16.2. The fourth-order valence-corrected chi connectivity index (χ4v) is 5.56. The highest BCUT2D eigenvalue weighted by molar-refractivity contribution is 5.95. The molecule has 5 rings (SSSR count). The van der Waals surface area contributed by atoms with Crippen LogP contribution in [0.5, 0.6) is 0 Å². The third-order valence-corrected chi connectivity index (χ3v) is 7.77. The number of hydrogen-bond acceptors (Lipinski definition) is 5. The van der Waals surface area contributed by atoms with Gasteiger partial charge in [0.2, 0.25) is 5.91 Å². The molecule has 3 atom stereocenters. The monoisotopic (exact) mass is 475 g/mol. The number of carbonyl (C=O) groups excluding carboxylic acids is 2. The average Bonchev–Trinajstić information content (AvgIpc) is 2.88. The third-order valence-electron chi connectivity index (χ3n) is 7.77. The minimum atomic E-state index is -0.136. The summed E-state index contributed by atoms with van der Waals surface area (Å²) in [7, 11) is 0. The number of amides is 2. The molecule has 1 aromatic heterocycles. The largest absolute Gasteiger partial charge is 0.336 e. The molecule has 2 N–H and O–H groups in total. The van der Waals surface area contributed by atoms with E-state index in [4.69, 9.17) is 0 Å². The molecule has 3 fully saturated rings. The Morgan fingerprint density at radius 3 is 2.43 bits per heavy atom. The van der Waals surface area contributed by atoms with Crippen LogP contribution in [0.25, 0.3) is 11.3 Å². The highest BCUT2D eigenvalue weighted by Crippen LogP contribution is 2.28. The first kappa shape index (κ1) is 23.9. The van der Waals surface area contributed by atoms with Gasteiger partial charge >= 0.3 is 0 Å². The van der Waals surface area contributed by atoms with Crippen LogP contribution >= 0.6 is 0 Å². The molecule has 0 spiro atoms. The molecule has 3 aliphatic rings. The van der Waals surface area contributed by atoms with Crippen molar-refractivity contribution in [3.05, 3.63) is 53.7 Å². The Bertz CT molecular complexity index is 1070. The van der Waals surface area contributed by atoms with Gasteiger partial charge in [-0.3, -0.25) is 24.8 Å². The van der Waals surface area contributed by atoms with E-state index in [2.05, 4.69) is 65.6 Å². The lowest BCUT2D eigenvalue weighted by Gasteiger charge is -2.46. The molecule has 2 amide bonds. The first-order valence-corrected chi connectivity index (χ1v) is 13.0. The standard InChI is InChI=1S/C28H37N5O2/c1-28(2,3)21-10-8-19(9-11-21)24-18-20(12-13-29-24)26(35)32-14-16-33(17-15-32)27-30-23-7-5-4-6-22(23)25(34)31-27/h8-13,18,22-23,27,30H,4-7,14-17H2,1-3H3,(H,31,34). The number of rotatable bonds is 3. The molecular formula is C28H37N5O2. The van der Waals surface area contributed by atoms with E-state index in [0.29, 0.717) is 18.7 Å². The van der Waals surface area contributed by atoms with Crippen molar-refractivity contribution in [1.29, 1.82) is 0 Å². The van der Waals surface area contributed by atoms with Crippen molar-refractivity contribution in [3.63, 3.8) is 0 Å². The lowest BCUT2D eigenvalue weighted by Crippen LogP contribution is -2.69. The molecule has 1 aromatic carbocycles. The van der Waals surface area contributed by atoms with Gasteiger partial charge in [-0.25, -0.2) is 0 Å². The first-order valence-electron chi connectivity index (χ1n) is 13.0. The zero-order valence-electron chi connectivity index (χ0n) is 21.1. The summed E-state index contributed by atoms with van der Waals surface area (Å²) in [6.07, 6.45) is 5.95. The topological polar surface area (TPSA) is 77.6 Å². The summed E-state index contributed by atoms with van der Waals surface area (Å²) in [5.74, 6) is 0.317. The summed E-state index contributed by atoms with van der Waals surface area (Å²) in [4.78, 5) is 34.6. The molecule has 7 heteroatoms. The second kappa shape index (κ2) is 9.70. The summed E-state index contributed by atoms with van der Waals surface area (Å²) >= 11 is 0. The van der Waals surface area contributed by atoms with Gasteiger partial charge in [0, 0.05) is 49.5 Å². The number of benzene rings is 1. The Balaban J connectivity index is 1.21. The fourth-order valence-electron chi connectivity index (χ4n) is 5.56. The van der Waals surface area contributed by atoms with Crippen LogP contribution in [0, 0.1) is 5.92 Å². The number of piperazine rings is 1. The van der Waals surface area contributed by atoms with E-state index < -0.39 is 0 Å². The van der Waals surface area contributed by atoms with Crippen molar-refractivity contribution in [3.8, 4) is 11.3 Å². The lowest BCUT2D eigenvalue weighted by atomic mass is 9.82. The van der Waals surface area contributed by atoms with Gasteiger partial charge in [-0.1, -0.05) is 57.9 Å². The predicted octanol–water partition coefficient (Wildman–Crippen LogP) is 3.37. The molecule has 7 nitrogen and oxygen atoms in total. The van der Waals surface area contributed by atoms with E-state index in [0.717, 1.165) is 43.6 Å². The second-order valence-electron chi connectivity index (χ2n) is 11.2. The summed E-state index contributed by atoms with van der Waals surface area (Å²) in [5.41, 5.74) is 3.86. The summed E-state index contributed by atoms with van der Waals surface area (Å²) in [6, 6.07) is 12.4. The van der Waals surface area contributed by atoms with E-state index >= 15 is 0 Å². The summed E-state index contributed by atoms with van der Waals surface area (Å²) in [6.45, 7) is 9.33. The SMILES string of the molecule is CC(C)(C)c1ccc(-c2cc(C(=O)N3CCN(C4NC(=O)C5CCCCC5N4)CC3)ccn2)cc1. The molecule has 3 unspecified atom stereocenters. The minimum absolute atomic E-state index is 0.0348. The van der Waals surface area contributed by atoms with Crippen LogP contribution in [-0.2, 0) is 10.2 Å². The van der Waals surface area contributed by atoms with Gasteiger partial charge in [0.1, 0.15) is 6.29 Å². The van der Waals surface area contributed by atoms with E-state index in [1.54, 1.807) is 12.3 Å². The molecule has 186 valence electrons. The zero-order valence-corrected chi connectivity index (χ0v) is 21.1. The molecule has 35 heavy (non-hydrogen) atoms. The van der Waals surface area contributed by atoms with E-state index in [9.17, 15) is 9.59 Å². The Morgan fingerprint density at radius 1 is 1.00 bits per heavy atom. The fraction of sp³-hybridized carbons (Fsp3) is 0.536. The second-order valence-corrected chi connectivity index (χ2v) is 11.2. The molecule has 1 aliphatic carbocycles. The van der Waals surface area contributed by atoms with Gasteiger partial charge < -0.3 is 10.2 Å². The van der Waals surface area contributed by atoms with E-state index in [1.807, 2.05) is 11.0 Å². The molecule has 0 radical (unpaired) electrons. The Kier molecular flexibility index (Phi) is 6.64. The van der Waals surface area contributed by atoms with Crippen molar-refractivity contribution in [2.75, 3.05) is 26.2 Å². The molecule has 3 heterocycles. The number of nitrogens with zero attached hydrogens (tertiary/aromatic N) is 3. The third kappa shape index (κ3) is 5.11. The van der Waals surface area contributed by atoms with Gasteiger partial charge in [-0.15, -0.1) is 0 Å². The van der Waals surface area contributed by atoms with Gasteiger partial charge in [-0.2, -0.15) is 0 Å². The quantitative estimate of drug-likeness (QED) is 0.712. The van der Waals surface area contributed by atoms with Crippen molar-refractivity contribution < 1.29 is 9.59 Å². The normalized spacial score (nSPS) is 25.6. The van der Waals surface area contributed by atoms with Crippen LogP contribution in [0.3, 0.4) is 0 Å². The van der Waals surface area contributed by atoms with Crippen molar-refractivity contribution in [2.24, 2.45) is 5.92 Å². The number of aromatic nitrogens is 1. The Hall–Kier alpha value is -2.77. The number of pyridine rings is 1. The van der Waals surface area contributed by atoms with Crippen LogP contribution in [-0.4, -0.2) is 65.1 Å². The number of hydrogen-bond donors (Lipinski definition) is 2. The maximum Gasteiger partial charge on any atom is 0.254 e. The van der Waals surface area contributed by atoms with Crippen LogP contribution in [0.15, 0.2) is 42.6 Å². The smallest absolute Gasteiger partial charge is 0.254 e. The van der Waals surface area contributed by atoms with E-state index in [1.165, 1.54) is 12.0 Å². The van der Waals surface area contributed by atoms with Crippen LogP contribution in [0.1, 0.15) is 62.4 Å². The molecule has 0 bridgehead atoms. The number of nitrogens with one attached hydrogen (secondary N) is 2. The zero-order chi connectivity index (χ0) is 24.6. The van der Waals surface area contributed by atoms with Crippen molar-refractivity contribution >= 4 is 11.8 Å². The van der Waals surface area contributed by atoms with Crippen LogP contribution in [0.2, 0.25) is 0 Å². The maximum absolute atomic E-state index is 13.3. The molecule has 2 aliphatic heterocycles. The lowest BCUT2D eigenvalue weighted by molar-refractivity contribution is -0.134. The molecule has 2 saturated heterocycles. The van der Waals surface area contributed by atoms with Crippen LogP contribution < -0.4 is 10.6 Å². The summed E-state index contributed by atoms with van der Waals surface area (Å²) < 4.78 is 0. The minimum Gasteiger partial charge on any atom is -0.336 e. The Labute approximate surface area is 208 Å². The van der Waals surface area contributed by atoms with Gasteiger partial charge in [0.05, 0.1) is 11.6 Å². The predicted molar refractivity (Wildman–Crippen MR) is 137 cm³/mol. The summed E-state index contributed by atoms with van der Waals surface area (Å²) in [5, 5.41) is 6.82.